The van der Waals surface area contributed by atoms with Crippen LogP contribution in [0.2, 0.25) is 0 Å². The van der Waals surface area contributed by atoms with E-state index in [0.29, 0.717) is 5.56 Å². The second-order valence-electron chi connectivity index (χ2n) is 5.40. The Morgan fingerprint density at radius 1 is 1.26 bits per heavy atom. The number of H-pyrrole nitrogens is 2. The Morgan fingerprint density at radius 2 is 2.13 bits per heavy atom. The molecule has 0 aliphatic heterocycles. The van der Waals surface area contributed by atoms with Crippen molar-refractivity contribution in [3.63, 3.8) is 0 Å². The highest BCUT2D eigenvalue weighted by Crippen LogP contribution is 2.28. The van der Waals surface area contributed by atoms with Crippen LogP contribution in [0.1, 0.15) is 16.1 Å². The van der Waals surface area contributed by atoms with Crippen LogP contribution in [0, 0.1) is 6.92 Å². The number of aromatic amines is 2. The summed E-state index contributed by atoms with van der Waals surface area (Å²) in [5.41, 5.74) is 4.09. The number of nitrogens with zero attached hydrogens (tertiary/aromatic N) is 1. The number of anilines is 1. The first-order chi connectivity index (χ1) is 11.1. The Morgan fingerprint density at radius 3 is 3.00 bits per heavy atom. The zero-order valence-corrected chi connectivity index (χ0v) is 13.9. The minimum Gasteiger partial charge on any atom is -0.360 e. The van der Waals surface area contributed by atoms with E-state index in [-0.39, 0.29) is 5.91 Å². The zero-order valence-electron chi connectivity index (χ0n) is 12.3. The number of aryl methyl sites for hydroxylation is 1. The number of hydrogen-bond donors (Lipinski definition) is 3. The van der Waals surface area contributed by atoms with Gasteiger partial charge in [0, 0.05) is 38.3 Å². The molecule has 5 nitrogen and oxygen atoms in total. The van der Waals surface area contributed by atoms with Crippen LogP contribution in [-0.2, 0) is 0 Å². The van der Waals surface area contributed by atoms with Gasteiger partial charge in [-0.3, -0.25) is 9.89 Å². The van der Waals surface area contributed by atoms with E-state index >= 15 is 0 Å². The van der Waals surface area contributed by atoms with Gasteiger partial charge in [0.2, 0.25) is 0 Å². The summed E-state index contributed by atoms with van der Waals surface area (Å²) in [5.74, 6) is -0.158. The van der Waals surface area contributed by atoms with E-state index < -0.39 is 0 Å². The molecular formula is C17H13BrN4O. The lowest BCUT2D eigenvalue weighted by Gasteiger charge is -2.05. The van der Waals surface area contributed by atoms with E-state index in [1.807, 2.05) is 43.3 Å². The van der Waals surface area contributed by atoms with Crippen LogP contribution in [-0.4, -0.2) is 21.1 Å². The molecule has 6 heteroatoms. The maximum atomic E-state index is 12.6. The van der Waals surface area contributed by atoms with Crippen molar-refractivity contribution in [2.75, 3.05) is 5.32 Å². The average molecular weight is 369 g/mol. The largest absolute Gasteiger partial charge is 0.360 e. The van der Waals surface area contributed by atoms with Crippen molar-refractivity contribution in [2.45, 2.75) is 6.92 Å². The molecule has 0 saturated heterocycles. The molecule has 114 valence electrons. The molecule has 0 unspecified atom stereocenters. The summed E-state index contributed by atoms with van der Waals surface area (Å²) < 4.78 is 0.889. The van der Waals surface area contributed by atoms with Gasteiger partial charge < -0.3 is 10.3 Å². The predicted molar refractivity (Wildman–Crippen MR) is 94.8 cm³/mol. The van der Waals surface area contributed by atoms with Crippen molar-refractivity contribution in [1.29, 1.82) is 0 Å². The molecule has 0 spiro atoms. The molecule has 0 saturated carbocycles. The first kappa shape index (κ1) is 14.0. The quantitative estimate of drug-likeness (QED) is 0.491. The van der Waals surface area contributed by atoms with Gasteiger partial charge in [-0.2, -0.15) is 5.10 Å². The second-order valence-corrected chi connectivity index (χ2v) is 6.25. The first-order valence-electron chi connectivity index (χ1n) is 7.15. The minimum atomic E-state index is -0.158. The Labute approximate surface area is 140 Å². The molecule has 4 rings (SSSR count). The molecule has 0 aliphatic carbocycles. The van der Waals surface area contributed by atoms with Gasteiger partial charge in [0.05, 0.1) is 11.1 Å². The maximum absolute atomic E-state index is 12.6. The fraction of sp³-hybridized carbons (Fsp3) is 0.0588. The average Bonchev–Trinajstić information content (AvgIpc) is 3.12. The number of rotatable bonds is 2. The van der Waals surface area contributed by atoms with Crippen molar-refractivity contribution in [3.05, 3.63) is 58.3 Å². The molecule has 1 amide bonds. The van der Waals surface area contributed by atoms with Crippen LogP contribution in [0.25, 0.3) is 21.8 Å². The van der Waals surface area contributed by atoms with Gasteiger partial charge >= 0.3 is 0 Å². The van der Waals surface area contributed by atoms with Crippen molar-refractivity contribution < 1.29 is 4.79 Å². The van der Waals surface area contributed by atoms with Gasteiger partial charge in [0.25, 0.3) is 5.91 Å². The predicted octanol–water partition coefficient (Wildman–Crippen LogP) is 4.37. The molecule has 23 heavy (non-hydrogen) atoms. The summed E-state index contributed by atoms with van der Waals surface area (Å²) in [6.07, 6.45) is 1.72. The van der Waals surface area contributed by atoms with Crippen molar-refractivity contribution in [3.8, 4) is 0 Å². The normalized spacial score (nSPS) is 11.2. The highest BCUT2D eigenvalue weighted by molar-refractivity contribution is 9.10. The van der Waals surface area contributed by atoms with Crippen LogP contribution in [0.15, 0.2) is 47.1 Å². The lowest BCUT2D eigenvalue weighted by Crippen LogP contribution is -2.11. The molecule has 0 radical (unpaired) electrons. The standard InChI is InChI=1S/C17H13BrN4O/c1-9-11-6-5-10(7-15(11)22-21-9)20-17(23)12-8-19-14-4-2-3-13(18)16(12)14/h2-8,19H,1H3,(H,20,23)(H,21,22). The monoisotopic (exact) mass is 368 g/mol. The molecule has 0 bridgehead atoms. The van der Waals surface area contributed by atoms with Gasteiger partial charge in [-0.1, -0.05) is 22.0 Å². The van der Waals surface area contributed by atoms with Gasteiger partial charge in [0.15, 0.2) is 0 Å². The number of halogens is 1. The molecular weight excluding hydrogens is 356 g/mol. The third kappa shape index (κ3) is 2.31. The van der Waals surface area contributed by atoms with Gasteiger partial charge in [0.1, 0.15) is 0 Å². The van der Waals surface area contributed by atoms with Crippen LogP contribution >= 0.6 is 15.9 Å². The van der Waals surface area contributed by atoms with Crippen molar-refractivity contribution in [2.24, 2.45) is 0 Å². The number of nitrogens with one attached hydrogen (secondary N) is 3. The van der Waals surface area contributed by atoms with Crippen LogP contribution in [0.3, 0.4) is 0 Å². The van der Waals surface area contributed by atoms with E-state index in [1.54, 1.807) is 6.20 Å². The second kappa shape index (κ2) is 5.24. The highest BCUT2D eigenvalue weighted by atomic mass is 79.9. The summed E-state index contributed by atoms with van der Waals surface area (Å²) >= 11 is 3.50. The molecule has 4 aromatic rings. The lowest BCUT2D eigenvalue weighted by atomic mass is 10.1. The van der Waals surface area contributed by atoms with Crippen LogP contribution in [0.5, 0.6) is 0 Å². The third-order valence-corrected chi connectivity index (χ3v) is 4.56. The van der Waals surface area contributed by atoms with Gasteiger partial charge in [-0.25, -0.2) is 0 Å². The molecule has 0 atom stereocenters. The number of hydrogen-bond acceptors (Lipinski definition) is 2. The summed E-state index contributed by atoms with van der Waals surface area (Å²) in [6.45, 7) is 1.97. The third-order valence-electron chi connectivity index (χ3n) is 3.90. The Kier molecular flexibility index (Phi) is 3.20. The summed E-state index contributed by atoms with van der Waals surface area (Å²) in [6, 6.07) is 11.5. The van der Waals surface area contributed by atoms with Crippen molar-refractivity contribution in [1.82, 2.24) is 15.2 Å². The van der Waals surface area contributed by atoms with Crippen molar-refractivity contribution >= 4 is 49.3 Å². The number of benzene rings is 2. The fourth-order valence-electron chi connectivity index (χ4n) is 2.74. The number of carbonyl (C=O) groups excluding carboxylic acids is 1. The first-order valence-corrected chi connectivity index (χ1v) is 7.94. The zero-order chi connectivity index (χ0) is 16.0. The molecule has 0 aliphatic rings. The minimum absolute atomic E-state index is 0.158. The van der Waals surface area contributed by atoms with E-state index in [1.165, 1.54) is 0 Å². The topological polar surface area (TPSA) is 73.6 Å². The Balaban J connectivity index is 1.70. The number of carbonyl (C=O) groups is 1. The van der Waals surface area contributed by atoms with Gasteiger partial charge in [-0.15, -0.1) is 0 Å². The van der Waals surface area contributed by atoms with Crippen LogP contribution < -0.4 is 5.32 Å². The lowest BCUT2D eigenvalue weighted by molar-refractivity contribution is 0.102. The number of fused-ring (bicyclic) bond motifs is 2. The molecule has 2 aromatic heterocycles. The molecule has 0 fully saturated rings. The molecule has 2 aromatic carbocycles. The Hall–Kier alpha value is -2.60. The number of aromatic nitrogens is 3. The smallest absolute Gasteiger partial charge is 0.257 e. The fourth-order valence-corrected chi connectivity index (χ4v) is 3.32. The van der Waals surface area contributed by atoms with Crippen LogP contribution in [0.4, 0.5) is 5.69 Å². The molecule has 3 N–H and O–H groups in total. The summed E-state index contributed by atoms with van der Waals surface area (Å²) in [5, 5.41) is 12.0. The Bertz CT molecular complexity index is 1050. The summed E-state index contributed by atoms with van der Waals surface area (Å²) in [4.78, 5) is 15.7. The highest BCUT2D eigenvalue weighted by Gasteiger charge is 2.15. The van der Waals surface area contributed by atoms with E-state index in [0.717, 1.165) is 37.7 Å². The van der Waals surface area contributed by atoms with E-state index in [2.05, 4.69) is 36.4 Å². The SMILES string of the molecule is Cc1[nH]nc2cc(NC(=O)c3c[nH]c4cccc(Br)c34)ccc12. The molecule has 2 heterocycles. The summed E-state index contributed by atoms with van der Waals surface area (Å²) in [7, 11) is 0. The van der Waals surface area contributed by atoms with E-state index in [9.17, 15) is 4.79 Å². The van der Waals surface area contributed by atoms with E-state index in [4.69, 9.17) is 0 Å². The van der Waals surface area contributed by atoms with Gasteiger partial charge in [-0.05, 0) is 37.3 Å². The maximum Gasteiger partial charge on any atom is 0.257 e. The number of amides is 1.